The molecule has 0 radical (unpaired) electrons. The Kier molecular flexibility index (Phi) is 10.0. The third-order valence-corrected chi connectivity index (χ3v) is 3.97. The summed E-state index contributed by atoms with van der Waals surface area (Å²) in [6.45, 7) is 1.94. The van der Waals surface area contributed by atoms with Crippen molar-refractivity contribution >= 4 is 43.5 Å². The predicted molar refractivity (Wildman–Crippen MR) is 108 cm³/mol. The van der Waals surface area contributed by atoms with E-state index in [2.05, 4.69) is 36.8 Å². The van der Waals surface area contributed by atoms with Gasteiger partial charge in [-0.15, -0.1) is 0 Å². The van der Waals surface area contributed by atoms with Gasteiger partial charge in [0.2, 0.25) is 0 Å². The number of hydrogen-bond acceptors (Lipinski definition) is 4. The van der Waals surface area contributed by atoms with E-state index < -0.39 is 5.97 Å². The van der Waals surface area contributed by atoms with Crippen LogP contribution in [0.3, 0.4) is 0 Å². The number of phenols is 1. The minimum absolute atomic E-state index is 0.269. The van der Waals surface area contributed by atoms with Crippen LogP contribution in [-0.2, 0) is 0 Å². The van der Waals surface area contributed by atoms with Gasteiger partial charge in [-0.25, -0.2) is 4.79 Å². The number of carboxylic acid groups (broad SMARTS) is 1. The van der Waals surface area contributed by atoms with Gasteiger partial charge in [-0.3, -0.25) is 0 Å². The molecule has 0 bridgehead atoms. The maximum Gasteiger partial charge on any atom is 0.335 e. The van der Waals surface area contributed by atoms with Gasteiger partial charge in [0.05, 0.1) is 12.7 Å². The number of methoxy groups -OCH3 is 1. The zero-order valence-electron chi connectivity index (χ0n) is 13.9. The molecule has 0 saturated heterocycles. The van der Waals surface area contributed by atoms with Gasteiger partial charge in [0.15, 0.2) is 0 Å². The number of aromatic carboxylic acids is 1. The second kappa shape index (κ2) is 11.8. The van der Waals surface area contributed by atoms with Crippen LogP contribution in [0.1, 0.15) is 10.4 Å². The second-order valence-corrected chi connectivity index (χ2v) is 6.50. The molecule has 136 valence electrons. The van der Waals surface area contributed by atoms with Gasteiger partial charge in [0.1, 0.15) is 11.5 Å². The predicted octanol–water partition coefficient (Wildman–Crippen LogP) is 4.38. The van der Waals surface area contributed by atoms with E-state index in [1.54, 1.807) is 24.3 Å². The van der Waals surface area contributed by atoms with Crippen molar-refractivity contribution in [3.8, 4) is 11.5 Å². The Morgan fingerprint density at radius 1 is 1.00 bits per heavy atom. The molecule has 0 saturated carbocycles. The highest BCUT2D eigenvalue weighted by molar-refractivity contribution is 9.09. The van der Waals surface area contributed by atoms with Crippen LogP contribution in [0.4, 0.5) is 5.69 Å². The Labute approximate surface area is 164 Å². The molecule has 0 aliphatic rings. The fourth-order valence-corrected chi connectivity index (χ4v) is 2.83. The molecule has 0 fully saturated rings. The van der Waals surface area contributed by atoms with Crippen molar-refractivity contribution in [1.82, 2.24) is 0 Å². The summed E-state index contributed by atoms with van der Waals surface area (Å²) in [5.41, 5.74) is 1.41. The first kappa shape index (κ1) is 21.3. The number of hydrogen-bond donors (Lipinski definition) is 2. The number of anilines is 1. The SMILES string of the molecule is COc1ccc(C(=O)O)cc1.Oc1ccc(N(CCBr)CCBr)cc1. The van der Waals surface area contributed by atoms with E-state index >= 15 is 0 Å². The van der Waals surface area contributed by atoms with E-state index in [1.165, 1.54) is 19.2 Å². The summed E-state index contributed by atoms with van der Waals surface area (Å²) in [5, 5.41) is 19.6. The van der Waals surface area contributed by atoms with E-state index in [-0.39, 0.29) is 5.56 Å². The summed E-state index contributed by atoms with van der Waals surface area (Å²) in [4.78, 5) is 12.6. The molecule has 0 atom stereocenters. The van der Waals surface area contributed by atoms with E-state index in [4.69, 9.17) is 14.9 Å². The molecule has 25 heavy (non-hydrogen) atoms. The molecule has 0 unspecified atom stereocenters. The molecule has 2 N–H and O–H groups in total. The number of aromatic hydroxyl groups is 1. The molecular formula is C18H21Br2NO4. The van der Waals surface area contributed by atoms with E-state index in [9.17, 15) is 4.79 Å². The molecule has 0 heterocycles. The largest absolute Gasteiger partial charge is 0.508 e. The quantitative estimate of drug-likeness (QED) is 0.582. The van der Waals surface area contributed by atoms with Crippen molar-refractivity contribution in [2.45, 2.75) is 0 Å². The van der Waals surface area contributed by atoms with Crippen molar-refractivity contribution in [2.24, 2.45) is 0 Å². The molecule has 7 heteroatoms. The van der Waals surface area contributed by atoms with Crippen molar-refractivity contribution in [3.63, 3.8) is 0 Å². The van der Waals surface area contributed by atoms with Crippen LogP contribution in [0.2, 0.25) is 0 Å². The minimum atomic E-state index is -0.923. The Morgan fingerprint density at radius 2 is 1.52 bits per heavy atom. The van der Waals surface area contributed by atoms with Gasteiger partial charge in [0.25, 0.3) is 0 Å². The molecular weight excluding hydrogens is 454 g/mol. The summed E-state index contributed by atoms with van der Waals surface area (Å²) < 4.78 is 4.86. The van der Waals surface area contributed by atoms with Crippen LogP contribution in [-0.4, -0.2) is 47.0 Å². The first-order chi connectivity index (χ1) is 12.0. The third-order valence-electron chi connectivity index (χ3n) is 3.26. The number of alkyl halides is 2. The van der Waals surface area contributed by atoms with Crippen LogP contribution in [0.5, 0.6) is 11.5 Å². The lowest BCUT2D eigenvalue weighted by molar-refractivity contribution is 0.0697. The van der Waals surface area contributed by atoms with Gasteiger partial charge in [-0.2, -0.15) is 0 Å². The number of phenolic OH excluding ortho intramolecular Hbond substituents is 1. The summed E-state index contributed by atoms with van der Waals surface area (Å²) in [6.07, 6.45) is 0. The van der Waals surface area contributed by atoms with E-state index in [0.717, 1.165) is 29.4 Å². The van der Waals surface area contributed by atoms with Crippen molar-refractivity contribution < 1.29 is 19.7 Å². The van der Waals surface area contributed by atoms with Crippen molar-refractivity contribution in [2.75, 3.05) is 35.8 Å². The Bertz CT molecular complexity index is 627. The summed E-state index contributed by atoms with van der Waals surface area (Å²) in [6, 6.07) is 13.5. The van der Waals surface area contributed by atoms with E-state index in [0.29, 0.717) is 11.5 Å². The summed E-state index contributed by atoms with van der Waals surface area (Å²) in [7, 11) is 1.54. The highest BCUT2D eigenvalue weighted by Gasteiger charge is 2.04. The van der Waals surface area contributed by atoms with E-state index in [1.807, 2.05) is 12.1 Å². The molecule has 2 aromatic rings. The first-order valence-corrected chi connectivity index (χ1v) is 9.79. The highest BCUT2D eigenvalue weighted by atomic mass is 79.9. The number of carboxylic acids is 1. The zero-order chi connectivity index (χ0) is 18.7. The smallest absolute Gasteiger partial charge is 0.335 e. The molecule has 2 rings (SSSR count). The van der Waals surface area contributed by atoms with Crippen molar-refractivity contribution in [1.29, 1.82) is 0 Å². The fraction of sp³-hybridized carbons (Fsp3) is 0.278. The molecule has 0 aromatic heterocycles. The Hall–Kier alpha value is -1.73. The minimum Gasteiger partial charge on any atom is -0.508 e. The van der Waals surface area contributed by atoms with Crippen molar-refractivity contribution in [3.05, 3.63) is 54.1 Å². The maximum absolute atomic E-state index is 10.4. The standard InChI is InChI=1S/C10H13Br2NO.C8H8O3/c11-5-7-13(8-6-12)9-1-3-10(14)4-2-9;1-11-7-4-2-6(3-5-7)8(9)10/h1-4,14H,5-8H2;2-5H,1H3,(H,9,10). The molecule has 0 aliphatic carbocycles. The number of carbonyl (C=O) groups is 1. The van der Waals surface area contributed by atoms with Crippen LogP contribution in [0.25, 0.3) is 0 Å². The molecule has 0 amide bonds. The number of benzene rings is 2. The highest BCUT2D eigenvalue weighted by Crippen LogP contribution is 2.18. The van der Waals surface area contributed by atoms with Crippen LogP contribution in [0.15, 0.2) is 48.5 Å². The van der Waals surface area contributed by atoms with Gasteiger partial charge >= 0.3 is 5.97 Å². The number of halogens is 2. The van der Waals surface area contributed by atoms with Crippen LogP contribution < -0.4 is 9.64 Å². The molecule has 2 aromatic carbocycles. The number of rotatable bonds is 7. The Morgan fingerprint density at radius 3 is 1.92 bits per heavy atom. The number of ether oxygens (including phenoxy) is 1. The Balaban J connectivity index is 0.000000257. The summed E-state index contributed by atoms with van der Waals surface area (Å²) in [5.74, 6) is 0.0500. The summed E-state index contributed by atoms with van der Waals surface area (Å²) >= 11 is 6.85. The lowest BCUT2D eigenvalue weighted by Gasteiger charge is -2.22. The third kappa shape index (κ3) is 7.79. The lowest BCUT2D eigenvalue weighted by atomic mass is 10.2. The molecule has 0 aliphatic heterocycles. The normalized spacial score (nSPS) is 9.72. The topological polar surface area (TPSA) is 70.0 Å². The van der Waals surface area contributed by atoms with Crippen LogP contribution >= 0.6 is 31.9 Å². The average molecular weight is 475 g/mol. The fourth-order valence-electron chi connectivity index (χ4n) is 1.97. The van der Waals surface area contributed by atoms with Crippen LogP contribution in [0, 0.1) is 0 Å². The van der Waals surface area contributed by atoms with Gasteiger partial charge in [-0.1, -0.05) is 31.9 Å². The monoisotopic (exact) mass is 473 g/mol. The molecule has 0 spiro atoms. The lowest BCUT2D eigenvalue weighted by Crippen LogP contribution is -2.27. The van der Waals surface area contributed by atoms with Gasteiger partial charge in [0, 0.05) is 29.4 Å². The maximum atomic E-state index is 10.4. The molecule has 5 nitrogen and oxygen atoms in total. The average Bonchev–Trinajstić information content (AvgIpc) is 2.63. The van der Waals surface area contributed by atoms with Gasteiger partial charge in [-0.05, 0) is 48.5 Å². The first-order valence-electron chi connectivity index (χ1n) is 7.55. The van der Waals surface area contributed by atoms with Gasteiger partial charge < -0.3 is 19.8 Å². The second-order valence-electron chi connectivity index (χ2n) is 4.92. The number of nitrogens with zero attached hydrogens (tertiary/aromatic N) is 1. The zero-order valence-corrected chi connectivity index (χ0v) is 17.0.